The second-order valence-electron chi connectivity index (χ2n) is 8.59. The Kier molecular flexibility index (Phi) is 7.78. The van der Waals surface area contributed by atoms with E-state index >= 15 is 0 Å². The van der Waals surface area contributed by atoms with Crippen molar-refractivity contribution in [1.82, 2.24) is 5.32 Å². The number of sulfonamides is 2. The average molecular weight is 565 g/mol. The molecule has 3 aromatic rings. The molecule has 3 N–H and O–H groups in total. The smallest absolute Gasteiger partial charge is 0.261 e. The van der Waals surface area contributed by atoms with Crippen LogP contribution < -0.4 is 19.7 Å². The molecular formula is C24H28N4O6S3. The fourth-order valence-electron chi connectivity index (χ4n) is 3.88. The topological polar surface area (TPSA) is 142 Å². The van der Waals surface area contributed by atoms with E-state index in [0.717, 1.165) is 38.0 Å². The third-order valence-electron chi connectivity index (χ3n) is 5.81. The summed E-state index contributed by atoms with van der Waals surface area (Å²) in [5, 5.41) is 3.31. The molecule has 0 spiro atoms. The summed E-state index contributed by atoms with van der Waals surface area (Å²) in [6.07, 6.45) is 1.94. The SMILES string of the molecule is CS(=O)(=O)c1ccc(S(=O)(=O)Nc2ccc(N3CCCNCC3)cc2NS(=O)(=O)c2ccccc2)cc1. The Morgan fingerprint density at radius 1 is 0.676 bits per heavy atom. The molecule has 0 bridgehead atoms. The first kappa shape index (κ1) is 26.9. The van der Waals surface area contributed by atoms with Gasteiger partial charge in [-0.25, -0.2) is 25.3 Å². The van der Waals surface area contributed by atoms with Crippen LogP contribution in [0.25, 0.3) is 0 Å². The van der Waals surface area contributed by atoms with Gasteiger partial charge in [0.1, 0.15) is 0 Å². The zero-order valence-corrected chi connectivity index (χ0v) is 22.5. The van der Waals surface area contributed by atoms with E-state index in [-0.39, 0.29) is 26.1 Å². The van der Waals surface area contributed by atoms with E-state index in [4.69, 9.17) is 0 Å². The van der Waals surface area contributed by atoms with Crippen molar-refractivity contribution in [3.8, 4) is 0 Å². The molecule has 0 aromatic heterocycles. The normalized spacial score (nSPS) is 15.1. The van der Waals surface area contributed by atoms with E-state index < -0.39 is 29.9 Å². The molecule has 0 saturated carbocycles. The Labute approximate surface area is 217 Å². The summed E-state index contributed by atoms with van der Waals surface area (Å²) in [6, 6.07) is 17.4. The van der Waals surface area contributed by atoms with Crippen LogP contribution in [0, 0.1) is 0 Å². The highest BCUT2D eigenvalue weighted by Crippen LogP contribution is 2.32. The van der Waals surface area contributed by atoms with E-state index in [1.807, 2.05) is 0 Å². The average Bonchev–Trinajstić information content (AvgIpc) is 3.15. The molecule has 0 aliphatic carbocycles. The van der Waals surface area contributed by atoms with Crippen LogP contribution in [0.1, 0.15) is 6.42 Å². The molecule has 0 atom stereocenters. The minimum absolute atomic E-state index is 0.0148. The molecule has 198 valence electrons. The molecule has 4 rings (SSSR count). The molecule has 1 fully saturated rings. The van der Waals surface area contributed by atoms with Gasteiger partial charge in [0.05, 0.1) is 26.1 Å². The Balaban J connectivity index is 1.71. The van der Waals surface area contributed by atoms with Gasteiger partial charge in [0.25, 0.3) is 20.0 Å². The summed E-state index contributed by atoms with van der Waals surface area (Å²) in [7, 11) is -11.7. The van der Waals surface area contributed by atoms with E-state index in [2.05, 4.69) is 19.7 Å². The van der Waals surface area contributed by atoms with E-state index in [9.17, 15) is 25.3 Å². The van der Waals surface area contributed by atoms with Crippen molar-refractivity contribution in [2.45, 2.75) is 21.1 Å². The highest BCUT2D eigenvalue weighted by atomic mass is 32.2. The van der Waals surface area contributed by atoms with Crippen molar-refractivity contribution < 1.29 is 25.3 Å². The molecule has 3 aromatic carbocycles. The van der Waals surface area contributed by atoms with Crippen LogP contribution in [-0.4, -0.2) is 57.7 Å². The number of nitrogens with zero attached hydrogens (tertiary/aromatic N) is 1. The maximum Gasteiger partial charge on any atom is 0.261 e. The third kappa shape index (κ3) is 6.60. The summed E-state index contributed by atoms with van der Waals surface area (Å²) in [4.78, 5) is 1.95. The lowest BCUT2D eigenvalue weighted by atomic mass is 10.2. The fourth-order valence-corrected chi connectivity index (χ4v) is 6.68. The lowest BCUT2D eigenvalue weighted by Crippen LogP contribution is -2.28. The number of hydrogen-bond acceptors (Lipinski definition) is 8. The predicted molar refractivity (Wildman–Crippen MR) is 144 cm³/mol. The zero-order chi connectivity index (χ0) is 26.7. The molecule has 1 saturated heterocycles. The summed E-state index contributed by atoms with van der Waals surface area (Å²) < 4.78 is 80.9. The Bertz CT molecular complexity index is 1570. The van der Waals surface area contributed by atoms with Crippen LogP contribution in [0.4, 0.5) is 17.1 Å². The summed E-state index contributed by atoms with van der Waals surface area (Å²) in [6.45, 7) is 3.11. The van der Waals surface area contributed by atoms with Gasteiger partial charge >= 0.3 is 0 Å². The number of rotatable bonds is 8. The van der Waals surface area contributed by atoms with Crippen LogP contribution in [0.2, 0.25) is 0 Å². The first-order valence-electron chi connectivity index (χ1n) is 11.5. The van der Waals surface area contributed by atoms with Gasteiger partial charge in [-0.3, -0.25) is 9.44 Å². The van der Waals surface area contributed by atoms with Crippen molar-refractivity contribution >= 4 is 46.9 Å². The lowest BCUT2D eigenvalue weighted by molar-refractivity contribution is 0.597. The Morgan fingerprint density at radius 3 is 1.92 bits per heavy atom. The van der Waals surface area contributed by atoms with Crippen molar-refractivity contribution in [3.63, 3.8) is 0 Å². The Morgan fingerprint density at radius 2 is 1.27 bits per heavy atom. The van der Waals surface area contributed by atoms with Gasteiger partial charge in [-0.05, 0) is 67.6 Å². The van der Waals surface area contributed by atoms with Crippen LogP contribution >= 0.6 is 0 Å². The van der Waals surface area contributed by atoms with Crippen LogP contribution in [0.3, 0.4) is 0 Å². The predicted octanol–water partition coefficient (Wildman–Crippen LogP) is 2.49. The standard InChI is InChI=1S/C24H28N4O6S3/c1-35(29,30)20-9-11-22(12-10-20)37(33,34)26-23-13-8-19(28-16-5-14-25-15-17-28)18-24(23)27-36(31,32)21-6-3-2-4-7-21/h2-4,6-13,18,25-27H,5,14-17H2,1H3. The van der Waals surface area contributed by atoms with Crippen LogP contribution in [0.15, 0.2) is 87.5 Å². The van der Waals surface area contributed by atoms with Gasteiger partial charge in [-0.1, -0.05) is 18.2 Å². The maximum absolute atomic E-state index is 13.1. The summed E-state index contributed by atoms with van der Waals surface area (Å²) in [5.41, 5.74) is 0.841. The molecule has 1 aliphatic rings. The van der Waals surface area contributed by atoms with Crippen molar-refractivity contribution in [2.24, 2.45) is 0 Å². The van der Waals surface area contributed by atoms with Crippen LogP contribution in [-0.2, 0) is 29.9 Å². The second-order valence-corrected chi connectivity index (χ2v) is 14.0. The minimum atomic E-state index is -4.17. The Hall–Kier alpha value is -3.13. The number of benzene rings is 3. The van der Waals surface area contributed by atoms with Gasteiger partial charge in [0.15, 0.2) is 9.84 Å². The number of anilines is 3. The maximum atomic E-state index is 13.1. The van der Waals surface area contributed by atoms with E-state index in [1.165, 1.54) is 42.5 Å². The quantitative estimate of drug-likeness (QED) is 0.379. The lowest BCUT2D eigenvalue weighted by Gasteiger charge is -2.24. The van der Waals surface area contributed by atoms with Gasteiger partial charge in [0, 0.05) is 31.6 Å². The fraction of sp³-hybridized carbons (Fsp3) is 0.250. The van der Waals surface area contributed by atoms with Crippen LogP contribution in [0.5, 0.6) is 0 Å². The monoisotopic (exact) mass is 564 g/mol. The molecule has 10 nitrogen and oxygen atoms in total. The summed E-state index contributed by atoms with van der Waals surface area (Å²) >= 11 is 0. The molecule has 1 aliphatic heterocycles. The number of nitrogens with one attached hydrogen (secondary N) is 3. The van der Waals surface area contributed by atoms with Crippen molar-refractivity contribution in [1.29, 1.82) is 0 Å². The highest BCUT2D eigenvalue weighted by molar-refractivity contribution is 7.93. The van der Waals surface area contributed by atoms with E-state index in [1.54, 1.807) is 30.3 Å². The molecule has 1 heterocycles. The molecular weight excluding hydrogens is 536 g/mol. The second kappa shape index (κ2) is 10.7. The molecule has 0 radical (unpaired) electrons. The first-order chi connectivity index (χ1) is 17.5. The third-order valence-corrected chi connectivity index (χ3v) is 9.70. The molecule has 37 heavy (non-hydrogen) atoms. The van der Waals surface area contributed by atoms with Gasteiger partial charge < -0.3 is 10.2 Å². The zero-order valence-electron chi connectivity index (χ0n) is 20.1. The molecule has 0 amide bonds. The van der Waals surface area contributed by atoms with Gasteiger partial charge in [0.2, 0.25) is 0 Å². The molecule has 0 unspecified atom stereocenters. The molecule has 13 heteroatoms. The van der Waals surface area contributed by atoms with E-state index in [0.29, 0.717) is 6.54 Å². The summed E-state index contributed by atoms with van der Waals surface area (Å²) in [5.74, 6) is 0. The number of sulfone groups is 1. The van der Waals surface area contributed by atoms with Gasteiger partial charge in [-0.15, -0.1) is 0 Å². The first-order valence-corrected chi connectivity index (χ1v) is 16.3. The number of hydrogen-bond donors (Lipinski definition) is 3. The van der Waals surface area contributed by atoms with Crippen molar-refractivity contribution in [3.05, 3.63) is 72.8 Å². The van der Waals surface area contributed by atoms with Gasteiger partial charge in [-0.2, -0.15) is 0 Å². The largest absolute Gasteiger partial charge is 0.370 e. The van der Waals surface area contributed by atoms with Crippen molar-refractivity contribution in [2.75, 3.05) is 46.8 Å². The highest BCUT2D eigenvalue weighted by Gasteiger charge is 2.22. The minimum Gasteiger partial charge on any atom is -0.370 e.